The van der Waals surface area contributed by atoms with Gasteiger partial charge in [-0.25, -0.2) is 0 Å². The van der Waals surface area contributed by atoms with E-state index in [-0.39, 0.29) is 5.91 Å². The normalized spacial score (nSPS) is 20.9. The fourth-order valence-electron chi connectivity index (χ4n) is 3.13. The van der Waals surface area contributed by atoms with Crippen molar-refractivity contribution < 1.29 is 9.53 Å². The molecule has 0 spiro atoms. The highest BCUT2D eigenvalue weighted by Crippen LogP contribution is 2.32. The van der Waals surface area contributed by atoms with Crippen molar-refractivity contribution in [2.75, 3.05) is 38.2 Å². The predicted octanol–water partition coefficient (Wildman–Crippen LogP) is 1.23. The first kappa shape index (κ1) is 14.2. The third-order valence-electron chi connectivity index (χ3n) is 4.66. The van der Waals surface area contributed by atoms with Gasteiger partial charge in [-0.15, -0.1) is 0 Å². The molecule has 0 unspecified atom stereocenters. The van der Waals surface area contributed by atoms with Gasteiger partial charge in [0.2, 0.25) is 5.91 Å². The maximum Gasteiger partial charge on any atom is 0.242 e. The molecular weight excluding hydrogens is 266 g/mol. The number of amides is 1. The Morgan fingerprint density at radius 3 is 2.43 bits per heavy atom. The number of rotatable bonds is 3. The number of piperazine rings is 1. The van der Waals surface area contributed by atoms with E-state index in [4.69, 9.17) is 10.5 Å². The second-order valence-electron chi connectivity index (χ2n) is 5.96. The zero-order valence-electron chi connectivity index (χ0n) is 12.5. The first-order valence-corrected chi connectivity index (χ1v) is 7.60. The molecule has 0 atom stereocenters. The third kappa shape index (κ3) is 2.58. The number of carbonyl (C=O) groups is 1. The Balaban J connectivity index is 1.64. The average Bonchev–Trinajstić information content (AvgIpc) is 2.52. The van der Waals surface area contributed by atoms with Crippen molar-refractivity contribution >= 4 is 11.6 Å². The van der Waals surface area contributed by atoms with Crippen LogP contribution in [0.15, 0.2) is 24.3 Å². The number of nitrogens with two attached hydrogens (primary N) is 1. The first-order valence-electron chi connectivity index (χ1n) is 7.60. The molecule has 0 radical (unpaired) electrons. The second kappa shape index (κ2) is 5.56. The smallest absolute Gasteiger partial charge is 0.242 e. The van der Waals surface area contributed by atoms with Crippen LogP contribution in [0.4, 0.5) is 5.69 Å². The van der Waals surface area contributed by atoms with Gasteiger partial charge in [-0.2, -0.15) is 0 Å². The quantitative estimate of drug-likeness (QED) is 0.909. The molecule has 0 aromatic heterocycles. The van der Waals surface area contributed by atoms with Gasteiger partial charge in [0.1, 0.15) is 5.75 Å². The Kier molecular flexibility index (Phi) is 3.76. The Morgan fingerprint density at radius 2 is 1.86 bits per heavy atom. The highest BCUT2D eigenvalue weighted by molar-refractivity contribution is 5.87. The molecule has 1 heterocycles. The van der Waals surface area contributed by atoms with E-state index in [1.54, 1.807) is 7.11 Å². The summed E-state index contributed by atoms with van der Waals surface area (Å²) in [6.45, 7) is 3.11. The summed E-state index contributed by atoms with van der Waals surface area (Å²) < 4.78 is 5.41. The van der Waals surface area contributed by atoms with Crippen LogP contribution in [0.3, 0.4) is 0 Å². The average molecular weight is 289 g/mol. The molecule has 114 valence electrons. The molecule has 3 rings (SSSR count). The van der Waals surface area contributed by atoms with Crippen molar-refractivity contribution in [2.45, 2.75) is 24.8 Å². The summed E-state index contributed by atoms with van der Waals surface area (Å²) in [4.78, 5) is 16.6. The molecule has 0 bridgehead atoms. The molecule has 1 saturated carbocycles. The number of anilines is 1. The Labute approximate surface area is 125 Å². The van der Waals surface area contributed by atoms with E-state index in [1.807, 2.05) is 23.1 Å². The number of methoxy groups -OCH3 is 1. The predicted molar refractivity (Wildman–Crippen MR) is 82.6 cm³/mol. The van der Waals surface area contributed by atoms with E-state index in [2.05, 4.69) is 11.0 Å². The van der Waals surface area contributed by atoms with Gasteiger partial charge >= 0.3 is 0 Å². The minimum Gasteiger partial charge on any atom is -0.495 e. The van der Waals surface area contributed by atoms with Gasteiger partial charge in [0.15, 0.2) is 0 Å². The van der Waals surface area contributed by atoms with Gasteiger partial charge in [-0.05, 0) is 31.4 Å². The molecule has 5 heteroatoms. The van der Waals surface area contributed by atoms with Crippen molar-refractivity contribution in [1.82, 2.24) is 4.90 Å². The van der Waals surface area contributed by atoms with Crippen LogP contribution in [0.5, 0.6) is 5.75 Å². The third-order valence-corrected chi connectivity index (χ3v) is 4.66. The summed E-state index contributed by atoms with van der Waals surface area (Å²) in [5.74, 6) is 1.01. The number of nitrogens with zero attached hydrogens (tertiary/aromatic N) is 2. The molecule has 2 N–H and O–H groups in total. The molecule has 1 aromatic rings. The molecule has 1 aliphatic carbocycles. The summed E-state index contributed by atoms with van der Waals surface area (Å²) >= 11 is 0. The molecule has 2 fully saturated rings. The van der Waals surface area contributed by atoms with Gasteiger partial charge < -0.3 is 20.3 Å². The lowest BCUT2D eigenvalue weighted by Crippen LogP contribution is -2.62. The van der Waals surface area contributed by atoms with Gasteiger partial charge in [-0.3, -0.25) is 4.79 Å². The number of ether oxygens (including phenoxy) is 1. The van der Waals surface area contributed by atoms with Crippen LogP contribution >= 0.6 is 0 Å². The summed E-state index contributed by atoms with van der Waals surface area (Å²) in [5.41, 5.74) is 6.66. The van der Waals surface area contributed by atoms with E-state index < -0.39 is 5.54 Å². The van der Waals surface area contributed by atoms with E-state index in [1.165, 1.54) is 0 Å². The van der Waals surface area contributed by atoms with E-state index in [0.29, 0.717) is 0 Å². The van der Waals surface area contributed by atoms with Crippen LogP contribution in [0.25, 0.3) is 0 Å². The van der Waals surface area contributed by atoms with Crippen molar-refractivity contribution in [3.05, 3.63) is 24.3 Å². The monoisotopic (exact) mass is 289 g/mol. The van der Waals surface area contributed by atoms with Crippen LogP contribution in [-0.2, 0) is 4.79 Å². The minimum absolute atomic E-state index is 0.133. The summed E-state index contributed by atoms with van der Waals surface area (Å²) in [7, 11) is 1.69. The summed E-state index contributed by atoms with van der Waals surface area (Å²) in [6.07, 6.45) is 2.74. The fourth-order valence-corrected chi connectivity index (χ4v) is 3.13. The van der Waals surface area contributed by atoms with Gasteiger partial charge in [0.05, 0.1) is 18.3 Å². The van der Waals surface area contributed by atoms with Crippen molar-refractivity contribution in [3.63, 3.8) is 0 Å². The fraction of sp³-hybridized carbons (Fsp3) is 0.562. The van der Waals surface area contributed by atoms with E-state index >= 15 is 0 Å². The van der Waals surface area contributed by atoms with Crippen LogP contribution < -0.4 is 15.4 Å². The number of hydrogen-bond donors (Lipinski definition) is 1. The molecule has 1 saturated heterocycles. The van der Waals surface area contributed by atoms with Crippen LogP contribution in [0.2, 0.25) is 0 Å². The number of carbonyl (C=O) groups excluding carboxylic acids is 1. The van der Waals surface area contributed by atoms with Crippen molar-refractivity contribution in [2.24, 2.45) is 5.73 Å². The maximum absolute atomic E-state index is 12.4. The SMILES string of the molecule is COc1ccccc1N1CCN(C(=O)C2(N)CCC2)CC1. The molecule has 1 aliphatic heterocycles. The number of para-hydroxylation sites is 2. The summed E-state index contributed by atoms with van der Waals surface area (Å²) in [5, 5.41) is 0. The van der Waals surface area contributed by atoms with Crippen molar-refractivity contribution in [3.8, 4) is 5.75 Å². The highest BCUT2D eigenvalue weighted by atomic mass is 16.5. The Bertz CT molecular complexity index is 520. The number of benzene rings is 1. The molecule has 1 amide bonds. The first-order chi connectivity index (χ1) is 10.1. The largest absolute Gasteiger partial charge is 0.495 e. The lowest BCUT2D eigenvalue weighted by Gasteiger charge is -2.43. The zero-order valence-corrected chi connectivity index (χ0v) is 12.5. The minimum atomic E-state index is -0.577. The maximum atomic E-state index is 12.4. The highest BCUT2D eigenvalue weighted by Gasteiger charge is 2.43. The lowest BCUT2D eigenvalue weighted by molar-refractivity contribution is -0.140. The van der Waals surface area contributed by atoms with Gasteiger partial charge in [0.25, 0.3) is 0 Å². The van der Waals surface area contributed by atoms with Crippen LogP contribution in [0.1, 0.15) is 19.3 Å². The standard InChI is InChI=1S/C16H23N3O2/c1-21-14-6-3-2-5-13(14)18-9-11-19(12-10-18)15(20)16(17)7-4-8-16/h2-3,5-6H,4,7-12,17H2,1H3. The lowest BCUT2D eigenvalue weighted by atomic mass is 9.76. The molecule has 21 heavy (non-hydrogen) atoms. The van der Waals surface area contributed by atoms with Crippen LogP contribution in [-0.4, -0.2) is 49.6 Å². The van der Waals surface area contributed by atoms with Gasteiger partial charge in [-0.1, -0.05) is 12.1 Å². The molecular formula is C16H23N3O2. The van der Waals surface area contributed by atoms with E-state index in [0.717, 1.165) is 56.9 Å². The molecule has 2 aliphatic rings. The zero-order chi connectivity index (χ0) is 14.9. The second-order valence-corrected chi connectivity index (χ2v) is 5.96. The number of hydrogen-bond acceptors (Lipinski definition) is 4. The molecule has 1 aromatic carbocycles. The van der Waals surface area contributed by atoms with E-state index in [9.17, 15) is 4.79 Å². The molecule has 5 nitrogen and oxygen atoms in total. The van der Waals surface area contributed by atoms with Gasteiger partial charge in [0, 0.05) is 26.2 Å². The Morgan fingerprint density at radius 1 is 1.19 bits per heavy atom. The van der Waals surface area contributed by atoms with Crippen molar-refractivity contribution in [1.29, 1.82) is 0 Å². The topological polar surface area (TPSA) is 58.8 Å². The van der Waals surface area contributed by atoms with Crippen LogP contribution in [0, 0.1) is 0 Å². The Hall–Kier alpha value is -1.75. The summed E-state index contributed by atoms with van der Waals surface area (Å²) in [6, 6.07) is 8.01.